The summed E-state index contributed by atoms with van der Waals surface area (Å²) in [4.78, 5) is 23.5. The summed E-state index contributed by atoms with van der Waals surface area (Å²) in [6.07, 6.45) is 2.31. The molecule has 1 fully saturated rings. The molecule has 0 unspecified atom stereocenters. The van der Waals surface area contributed by atoms with E-state index in [9.17, 15) is 9.59 Å². The number of aromatic carboxylic acids is 1. The monoisotopic (exact) mass is 373 g/mol. The number of ether oxygens (including phenoxy) is 2. The number of hydrogen-bond donors (Lipinski definition) is 2. The summed E-state index contributed by atoms with van der Waals surface area (Å²) in [6.45, 7) is 5.35. The molecule has 1 saturated heterocycles. The molecule has 0 spiro atoms. The van der Waals surface area contributed by atoms with Crippen molar-refractivity contribution in [2.45, 2.75) is 32.4 Å². The lowest BCUT2D eigenvalue weighted by Crippen LogP contribution is -2.37. The Kier molecular flexibility index (Phi) is 5.88. The number of nitrogens with zero attached hydrogens (tertiary/aromatic N) is 2. The largest absolute Gasteiger partial charge is 0.478 e. The molecule has 8 nitrogen and oxygen atoms in total. The smallest absolute Gasteiger partial charge is 0.339 e. The highest BCUT2D eigenvalue weighted by atomic mass is 16.5. The Morgan fingerprint density at radius 3 is 2.74 bits per heavy atom. The molecule has 2 heterocycles. The van der Waals surface area contributed by atoms with Gasteiger partial charge in [0.15, 0.2) is 0 Å². The summed E-state index contributed by atoms with van der Waals surface area (Å²) < 4.78 is 12.5. The van der Waals surface area contributed by atoms with Crippen molar-refractivity contribution in [1.29, 1.82) is 0 Å². The molecule has 3 rings (SSSR count). The summed E-state index contributed by atoms with van der Waals surface area (Å²) in [5, 5.41) is 16.1. The molecule has 1 aromatic heterocycles. The van der Waals surface area contributed by atoms with Gasteiger partial charge in [-0.2, -0.15) is 5.10 Å². The van der Waals surface area contributed by atoms with E-state index in [0.29, 0.717) is 30.2 Å². The molecular weight excluding hydrogens is 350 g/mol. The molecule has 1 aliphatic rings. The van der Waals surface area contributed by atoms with Crippen LogP contribution in [0.25, 0.3) is 5.69 Å². The highest BCUT2D eigenvalue weighted by molar-refractivity contribution is 5.94. The number of amides is 1. The SMILES string of the molecule is Cc1c(C(=O)O)cnn1-c1ccc(C(=O)N[C@H](C)CO[C@H]2CCOC2)cc1. The zero-order valence-electron chi connectivity index (χ0n) is 15.3. The Morgan fingerprint density at radius 2 is 2.15 bits per heavy atom. The Balaban J connectivity index is 1.59. The van der Waals surface area contributed by atoms with Gasteiger partial charge in [-0.15, -0.1) is 0 Å². The van der Waals surface area contributed by atoms with Crippen molar-refractivity contribution in [2.24, 2.45) is 0 Å². The van der Waals surface area contributed by atoms with Crippen LogP contribution in [0, 0.1) is 6.92 Å². The molecule has 0 aliphatic carbocycles. The first-order chi connectivity index (χ1) is 13.0. The zero-order valence-corrected chi connectivity index (χ0v) is 15.3. The summed E-state index contributed by atoms with van der Waals surface area (Å²) in [5.41, 5.74) is 1.88. The molecule has 1 amide bonds. The topological polar surface area (TPSA) is 103 Å². The first kappa shape index (κ1) is 19.1. The number of benzene rings is 1. The number of rotatable bonds is 7. The molecule has 2 atom stereocenters. The van der Waals surface area contributed by atoms with Crippen LogP contribution in [0.4, 0.5) is 0 Å². The van der Waals surface area contributed by atoms with E-state index in [-0.39, 0.29) is 23.6 Å². The fraction of sp³-hybridized carbons (Fsp3) is 0.421. The molecule has 0 radical (unpaired) electrons. The van der Waals surface area contributed by atoms with E-state index in [4.69, 9.17) is 14.6 Å². The van der Waals surface area contributed by atoms with Gasteiger partial charge in [-0.25, -0.2) is 9.48 Å². The predicted molar refractivity (Wildman–Crippen MR) is 97.4 cm³/mol. The van der Waals surface area contributed by atoms with E-state index in [1.165, 1.54) is 10.9 Å². The molecule has 27 heavy (non-hydrogen) atoms. The van der Waals surface area contributed by atoms with Crippen molar-refractivity contribution in [2.75, 3.05) is 19.8 Å². The Morgan fingerprint density at radius 1 is 1.41 bits per heavy atom. The fourth-order valence-corrected chi connectivity index (χ4v) is 2.91. The maximum atomic E-state index is 12.4. The number of carboxylic acids is 1. The lowest BCUT2D eigenvalue weighted by Gasteiger charge is -2.17. The molecule has 1 aliphatic heterocycles. The van der Waals surface area contributed by atoms with Gasteiger partial charge in [-0.05, 0) is 44.5 Å². The molecule has 144 valence electrons. The van der Waals surface area contributed by atoms with E-state index >= 15 is 0 Å². The lowest BCUT2D eigenvalue weighted by molar-refractivity contribution is 0.0318. The molecular formula is C19H23N3O5. The molecule has 2 N–H and O–H groups in total. The van der Waals surface area contributed by atoms with Crippen molar-refractivity contribution >= 4 is 11.9 Å². The number of nitrogens with one attached hydrogen (secondary N) is 1. The lowest BCUT2D eigenvalue weighted by atomic mass is 10.1. The van der Waals surface area contributed by atoms with Gasteiger partial charge in [0.05, 0.1) is 36.9 Å². The van der Waals surface area contributed by atoms with Crippen molar-refractivity contribution in [1.82, 2.24) is 15.1 Å². The van der Waals surface area contributed by atoms with Gasteiger partial charge in [-0.1, -0.05) is 0 Å². The summed E-state index contributed by atoms with van der Waals surface area (Å²) >= 11 is 0. The molecule has 0 bridgehead atoms. The fourth-order valence-electron chi connectivity index (χ4n) is 2.91. The third kappa shape index (κ3) is 4.53. The number of hydrogen-bond acceptors (Lipinski definition) is 5. The van der Waals surface area contributed by atoms with Crippen LogP contribution in [0.1, 0.15) is 39.8 Å². The van der Waals surface area contributed by atoms with Crippen LogP contribution in [0.5, 0.6) is 0 Å². The maximum absolute atomic E-state index is 12.4. The average molecular weight is 373 g/mol. The minimum Gasteiger partial charge on any atom is -0.478 e. The van der Waals surface area contributed by atoms with Crippen molar-refractivity contribution in [3.8, 4) is 5.69 Å². The van der Waals surface area contributed by atoms with Gasteiger partial charge < -0.3 is 19.9 Å². The second-order valence-electron chi connectivity index (χ2n) is 6.60. The molecule has 2 aromatic rings. The van der Waals surface area contributed by atoms with Gasteiger partial charge in [0.1, 0.15) is 5.56 Å². The van der Waals surface area contributed by atoms with Gasteiger partial charge in [0.2, 0.25) is 0 Å². The van der Waals surface area contributed by atoms with Crippen LogP contribution in [-0.2, 0) is 9.47 Å². The van der Waals surface area contributed by atoms with E-state index < -0.39 is 5.97 Å². The standard InChI is InChI=1S/C19H23N3O5/c1-12(10-27-16-7-8-26-11-16)21-18(23)14-3-5-15(6-4-14)22-13(2)17(9-20-22)19(24)25/h3-6,9,12,16H,7-8,10-11H2,1-2H3,(H,21,23)(H,24,25)/t12-,16+/m1/s1. The molecule has 8 heteroatoms. The second-order valence-corrected chi connectivity index (χ2v) is 6.60. The van der Waals surface area contributed by atoms with Crippen molar-refractivity contribution in [3.05, 3.63) is 47.3 Å². The van der Waals surface area contributed by atoms with E-state index in [2.05, 4.69) is 10.4 Å². The van der Waals surface area contributed by atoms with Gasteiger partial charge in [0.25, 0.3) is 5.91 Å². The minimum absolute atomic E-state index is 0.108. The first-order valence-corrected chi connectivity index (χ1v) is 8.84. The first-order valence-electron chi connectivity index (χ1n) is 8.84. The number of carbonyl (C=O) groups is 2. The number of carboxylic acid groups (broad SMARTS) is 1. The van der Waals surface area contributed by atoms with Crippen LogP contribution in [0.3, 0.4) is 0 Å². The Labute approximate surface area is 157 Å². The third-order valence-corrected chi connectivity index (χ3v) is 4.46. The van der Waals surface area contributed by atoms with Crippen molar-refractivity contribution in [3.63, 3.8) is 0 Å². The van der Waals surface area contributed by atoms with Gasteiger partial charge in [-0.3, -0.25) is 4.79 Å². The second kappa shape index (κ2) is 8.32. The summed E-state index contributed by atoms with van der Waals surface area (Å²) in [7, 11) is 0. The normalized spacial score (nSPS) is 17.6. The zero-order chi connectivity index (χ0) is 19.4. The number of aromatic nitrogens is 2. The highest BCUT2D eigenvalue weighted by Crippen LogP contribution is 2.15. The quantitative estimate of drug-likeness (QED) is 0.767. The maximum Gasteiger partial charge on any atom is 0.339 e. The van der Waals surface area contributed by atoms with E-state index in [1.807, 2.05) is 6.92 Å². The van der Waals surface area contributed by atoms with Crippen LogP contribution >= 0.6 is 0 Å². The predicted octanol–water partition coefficient (Wildman–Crippen LogP) is 1.80. The average Bonchev–Trinajstić information content (AvgIpc) is 3.29. The Hall–Kier alpha value is -2.71. The third-order valence-electron chi connectivity index (χ3n) is 4.46. The Bertz CT molecular complexity index is 809. The van der Waals surface area contributed by atoms with E-state index in [0.717, 1.165) is 13.0 Å². The minimum atomic E-state index is -1.02. The van der Waals surface area contributed by atoms with Crippen LogP contribution in [0.15, 0.2) is 30.5 Å². The van der Waals surface area contributed by atoms with Gasteiger partial charge >= 0.3 is 5.97 Å². The van der Waals surface area contributed by atoms with E-state index in [1.54, 1.807) is 31.2 Å². The molecule has 0 saturated carbocycles. The van der Waals surface area contributed by atoms with Crippen LogP contribution in [-0.4, -0.2) is 58.7 Å². The highest BCUT2D eigenvalue weighted by Gasteiger charge is 2.18. The molecule has 1 aromatic carbocycles. The number of carbonyl (C=O) groups excluding carboxylic acids is 1. The van der Waals surface area contributed by atoms with Crippen LogP contribution in [0.2, 0.25) is 0 Å². The van der Waals surface area contributed by atoms with Crippen LogP contribution < -0.4 is 5.32 Å². The van der Waals surface area contributed by atoms with Gasteiger partial charge in [0, 0.05) is 18.2 Å². The van der Waals surface area contributed by atoms with Crippen molar-refractivity contribution < 1.29 is 24.2 Å². The summed E-state index contributed by atoms with van der Waals surface area (Å²) in [5.74, 6) is -1.21. The summed E-state index contributed by atoms with van der Waals surface area (Å²) in [6, 6.07) is 6.72.